The van der Waals surface area contributed by atoms with Crippen LogP contribution in [0.4, 0.5) is 0 Å². The van der Waals surface area contributed by atoms with Crippen LogP contribution in [-0.4, -0.2) is 43.3 Å². The maximum atomic E-state index is 12.9. The van der Waals surface area contributed by atoms with E-state index in [9.17, 15) is 4.79 Å². The lowest BCUT2D eigenvalue weighted by Gasteiger charge is -2.15. The van der Waals surface area contributed by atoms with Crippen LogP contribution in [0.1, 0.15) is 28.4 Å². The Labute approximate surface area is 167 Å². The molecule has 0 spiro atoms. The van der Waals surface area contributed by atoms with Crippen LogP contribution >= 0.6 is 0 Å². The molecule has 4 aromatic rings. The molecule has 0 bridgehead atoms. The first kappa shape index (κ1) is 17.2. The van der Waals surface area contributed by atoms with E-state index in [1.165, 1.54) is 0 Å². The van der Waals surface area contributed by atoms with Gasteiger partial charge in [0, 0.05) is 36.6 Å². The molecule has 7 heteroatoms. The average molecular weight is 382 g/mol. The lowest BCUT2D eigenvalue weighted by molar-refractivity contribution is 0.0787. The number of likely N-dealkylation sites (tertiary alicyclic amines) is 1. The van der Waals surface area contributed by atoms with Gasteiger partial charge in [0.25, 0.3) is 5.91 Å². The van der Waals surface area contributed by atoms with E-state index in [-0.39, 0.29) is 11.9 Å². The Bertz CT molecular complexity index is 1200. The summed E-state index contributed by atoms with van der Waals surface area (Å²) in [5, 5.41) is 17.5. The first-order chi connectivity index (χ1) is 14.2. The standard InChI is InChI=1S/C22H18N6O/c23-12-16-4-6-17(7-5-16)21-15-28(25-24-21)20-8-10-27(14-20)22(29)18-11-19-3-1-2-9-26(19)13-18/h1-7,9,11,13,15,20H,8,10,14H2. The van der Waals surface area contributed by atoms with Gasteiger partial charge in [-0.25, -0.2) is 4.68 Å². The van der Waals surface area contributed by atoms with E-state index >= 15 is 0 Å². The third-order valence-corrected chi connectivity index (χ3v) is 5.40. The molecule has 142 valence electrons. The van der Waals surface area contributed by atoms with E-state index in [1.807, 2.05) is 69.0 Å². The fourth-order valence-electron chi connectivity index (χ4n) is 3.80. The van der Waals surface area contributed by atoms with Crippen LogP contribution in [0.3, 0.4) is 0 Å². The fraction of sp³-hybridized carbons (Fsp3) is 0.182. The number of benzene rings is 1. The SMILES string of the molecule is N#Cc1ccc(-c2cn(C3CCN(C(=O)c4cc5ccccn5c4)C3)nn2)cc1. The molecule has 5 rings (SSSR count). The third-order valence-electron chi connectivity index (χ3n) is 5.40. The molecule has 1 aliphatic heterocycles. The van der Waals surface area contributed by atoms with E-state index in [4.69, 9.17) is 5.26 Å². The van der Waals surface area contributed by atoms with Crippen LogP contribution in [0.2, 0.25) is 0 Å². The highest BCUT2D eigenvalue weighted by Gasteiger charge is 2.29. The molecule has 0 radical (unpaired) electrons. The first-order valence-electron chi connectivity index (χ1n) is 9.50. The van der Waals surface area contributed by atoms with Crippen LogP contribution in [0, 0.1) is 11.3 Å². The molecule has 7 nitrogen and oxygen atoms in total. The summed E-state index contributed by atoms with van der Waals surface area (Å²) < 4.78 is 3.80. The molecule has 1 unspecified atom stereocenters. The van der Waals surface area contributed by atoms with Gasteiger partial charge in [0.2, 0.25) is 0 Å². The van der Waals surface area contributed by atoms with Gasteiger partial charge >= 0.3 is 0 Å². The van der Waals surface area contributed by atoms with Crippen molar-refractivity contribution < 1.29 is 4.79 Å². The number of nitriles is 1. The van der Waals surface area contributed by atoms with E-state index in [1.54, 1.807) is 12.1 Å². The second kappa shape index (κ2) is 6.91. The van der Waals surface area contributed by atoms with Crippen molar-refractivity contribution >= 4 is 11.4 Å². The number of nitrogens with zero attached hydrogens (tertiary/aromatic N) is 6. The third kappa shape index (κ3) is 3.15. The maximum absolute atomic E-state index is 12.9. The summed E-state index contributed by atoms with van der Waals surface area (Å²) >= 11 is 0. The highest BCUT2D eigenvalue weighted by atomic mass is 16.2. The molecule has 1 fully saturated rings. The van der Waals surface area contributed by atoms with Crippen molar-refractivity contribution in [3.63, 3.8) is 0 Å². The Morgan fingerprint density at radius 1 is 1.14 bits per heavy atom. The number of pyridine rings is 1. The molecule has 1 atom stereocenters. The van der Waals surface area contributed by atoms with E-state index in [0.29, 0.717) is 24.2 Å². The minimum absolute atomic E-state index is 0.0450. The normalized spacial score (nSPS) is 16.2. The number of hydrogen-bond donors (Lipinski definition) is 0. The van der Waals surface area contributed by atoms with Crippen molar-refractivity contribution in [2.24, 2.45) is 0 Å². The summed E-state index contributed by atoms with van der Waals surface area (Å²) in [7, 11) is 0. The number of amides is 1. The molecular formula is C22H18N6O. The topological polar surface area (TPSA) is 79.2 Å². The zero-order chi connectivity index (χ0) is 19.8. The van der Waals surface area contributed by atoms with Gasteiger partial charge in [-0.3, -0.25) is 4.79 Å². The number of rotatable bonds is 3. The fourth-order valence-corrected chi connectivity index (χ4v) is 3.80. The van der Waals surface area contributed by atoms with Crippen LogP contribution in [0.5, 0.6) is 0 Å². The molecule has 0 aliphatic carbocycles. The average Bonchev–Trinajstić information content (AvgIpc) is 3.52. The van der Waals surface area contributed by atoms with Crippen molar-refractivity contribution in [3.8, 4) is 17.3 Å². The smallest absolute Gasteiger partial charge is 0.255 e. The second-order valence-electron chi connectivity index (χ2n) is 7.23. The van der Waals surface area contributed by atoms with Gasteiger partial charge in [0.1, 0.15) is 5.69 Å². The zero-order valence-electron chi connectivity index (χ0n) is 15.6. The van der Waals surface area contributed by atoms with E-state index < -0.39 is 0 Å². The maximum Gasteiger partial charge on any atom is 0.255 e. The summed E-state index contributed by atoms with van der Waals surface area (Å²) in [5.41, 5.74) is 4.01. The lowest BCUT2D eigenvalue weighted by atomic mass is 10.1. The van der Waals surface area contributed by atoms with Crippen molar-refractivity contribution in [1.29, 1.82) is 5.26 Å². The van der Waals surface area contributed by atoms with Crippen molar-refractivity contribution in [2.45, 2.75) is 12.5 Å². The number of carbonyl (C=O) groups is 1. The minimum atomic E-state index is 0.0450. The predicted molar refractivity (Wildman–Crippen MR) is 107 cm³/mol. The number of fused-ring (bicyclic) bond motifs is 1. The summed E-state index contributed by atoms with van der Waals surface area (Å²) in [6, 6.07) is 17.3. The Kier molecular flexibility index (Phi) is 4.10. The molecule has 1 saturated heterocycles. The summed E-state index contributed by atoms with van der Waals surface area (Å²) in [5.74, 6) is 0.0450. The molecule has 29 heavy (non-hydrogen) atoms. The monoisotopic (exact) mass is 382 g/mol. The largest absolute Gasteiger partial charge is 0.336 e. The Morgan fingerprint density at radius 2 is 2.00 bits per heavy atom. The van der Waals surface area contributed by atoms with Gasteiger partial charge in [-0.1, -0.05) is 23.4 Å². The van der Waals surface area contributed by atoms with Crippen LogP contribution in [0.15, 0.2) is 67.1 Å². The van der Waals surface area contributed by atoms with Gasteiger partial charge in [-0.05, 0) is 36.8 Å². The summed E-state index contributed by atoms with van der Waals surface area (Å²) in [6.45, 7) is 1.31. The van der Waals surface area contributed by atoms with Crippen molar-refractivity contribution in [3.05, 3.63) is 78.2 Å². The Hall–Kier alpha value is -3.92. The van der Waals surface area contributed by atoms with Gasteiger partial charge in [-0.15, -0.1) is 5.10 Å². The molecule has 1 amide bonds. The summed E-state index contributed by atoms with van der Waals surface area (Å²) in [6.07, 6.45) is 6.57. The van der Waals surface area contributed by atoms with Gasteiger partial charge in [0.15, 0.2) is 0 Å². The van der Waals surface area contributed by atoms with Crippen LogP contribution in [-0.2, 0) is 0 Å². The Morgan fingerprint density at radius 3 is 2.79 bits per heavy atom. The molecule has 1 aliphatic rings. The Balaban J connectivity index is 1.31. The van der Waals surface area contributed by atoms with Gasteiger partial charge in [-0.2, -0.15) is 5.26 Å². The van der Waals surface area contributed by atoms with Crippen molar-refractivity contribution in [2.75, 3.05) is 13.1 Å². The highest BCUT2D eigenvalue weighted by molar-refractivity contribution is 5.95. The molecular weight excluding hydrogens is 364 g/mol. The summed E-state index contributed by atoms with van der Waals surface area (Å²) in [4.78, 5) is 14.8. The van der Waals surface area contributed by atoms with Crippen LogP contribution < -0.4 is 0 Å². The van der Waals surface area contributed by atoms with Gasteiger partial charge in [0.05, 0.1) is 29.4 Å². The molecule has 3 aromatic heterocycles. The first-order valence-corrected chi connectivity index (χ1v) is 9.50. The predicted octanol–water partition coefficient (Wildman–Crippen LogP) is 3.16. The second-order valence-corrected chi connectivity index (χ2v) is 7.23. The molecule has 0 saturated carbocycles. The van der Waals surface area contributed by atoms with Crippen molar-refractivity contribution in [1.82, 2.24) is 24.3 Å². The number of carbonyl (C=O) groups excluding carboxylic acids is 1. The zero-order valence-corrected chi connectivity index (χ0v) is 15.6. The minimum Gasteiger partial charge on any atom is -0.336 e. The molecule has 4 heterocycles. The number of aromatic nitrogens is 4. The molecule has 0 N–H and O–H groups in total. The van der Waals surface area contributed by atoms with E-state index in [0.717, 1.165) is 23.2 Å². The van der Waals surface area contributed by atoms with Crippen LogP contribution in [0.25, 0.3) is 16.8 Å². The lowest BCUT2D eigenvalue weighted by Crippen LogP contribution is -2.28. The number of hydrogen-bond acceptors (Lipinski definition) is 4. The van der Waals surface area contributed by atoms with E-state index in [2.05, 4.69) is 16.4 Å². The van der Waals surface area contributed by atoms with Gasteiger partial charge < -0.3 is 9.30 Å². The molecule has 1 aromatic carbocycles. The quantitative estimate of drug-likeness (QED) is 0.545. The highest BCUT2D eigenvalue weighted by Crippen LogP contribution is 2.25.